The molecule has 0 bridgehead atoms. The third kappa shape index (κ3) is 2.32. The van der Waals surface area contributed by atoms with Crippen molar-refractivity contribution in [3.05, 3.63) is 57.6 Å². The van der Waals surface area contributed by atoms with E-state index in [9.17, 15) is 0 Å². The molecule has 5 rings (SSSR count). The van der Waals surface area contributed by atoms with Crippen molar-refractivity contribution in [3.8, 4) is 0 Å². The quantitative estimate of drug-likeness (QED) is 0.647. The topological polar surface area (TPSA) is 51.3 Å². The van der Waals surface area contributed by atoms with Crippen LogP contribution < -0.4 is 5.73 Å². The minimum absolute atomic E-state index is 0.0741. The zero-order valence-corrected chi connectivity index (χ0v) is 16.1. The number of fused-ring (bicyclic) bond motifs is 2. The number of aromatic nitrogens is 1. The van der Waals surface area contributed by atoms with Crippen LogP contribution in [0.15, 0.2) is 35.3 Å². The summed E-state index contributed by atoms with van der Waals surface area (Å²) in [6.07, 6.45) is 5.99. The lowest BCUT2D eigenvalue weighted by atomic mass is 9.83. The summed E-state index contributed by atoms with van der Waals surface area (Å²) in [7, 11) is 0. The molecule has 1 spiro atoms. The lowest BCUT2D eigenvalue weighted by Gasteiger charge is -2.32. The molecule has 0 atom stereocenters. The Morgan fingerprint density at radius 3 is 2.69 bits per heavy atom. The van der Waals surface area contributed by atoms with Gasteiger partial charge in [-0.25, -0.2) is 4.98 Å². The molecule has 132 valence electrons. The summed E-state index contributed by atoms with van der Waals surface area (Å²) in [6, 6.07) is 10.8. The molecule has 3 nitrogen and oxygen atoms in total. The minimum atomic E-state index is 0.0741. The van der Waals surface area contributed by atoms with Gasteiger partial charge in [0.15, 0.2) is 0 Å². The minimum Gasteiger partial charge on any atom is -0.397 e. The van der Waals surface area contributed by atoms with E-state index in [2.05, 4.69) is 37.3 Å². The SMILES string of the molecule is Cc1cc(C)c2c(N)c(C3=NC4(CCCC4)Cc4ccccc43)sc2n1. The molecule has 0 amide bonds. The summed E-state index contributed by atoms with van der Waals surface area (Å²) in [5.74, 6) is 0. The van der Waals surface area contributed by atoms with E-state index in [1.807, 2.05) is 6.92 Å². The monoisotopic (exact) mass is 361 g/mol. The van der Waals surface area contributed by atoms with Crippen LogP contribution in [0.5, 0.6) is 0 Å². The Kier molecular flexibility index (Phi) is 3.48. The van der Waals surface area contributed by atoms with Crippen molar-refractivity contribution < 1.29 is 0 Å². The summed E-state index contributed by atoms with van der Waals surface area (Å²) in [5, 5.41) is 1.10. The molecule has 2 N–H and O–H groups in total. The molecule has 1 aliphatic heterocycles. The maximum absolute atomic E-state index is 6.65. The van der Waals surface area contributed by atoms with Crippen LogP contribution in [0.4, 0.5) is 5.69 Å². The van der Waals surface area contributed by atoms with Crippen LogP contribution in [0.2, 0.25) is 0 Å². The Morgan fingerprint density at radius 2 is 1.88 bits per heavy atom. The highest BCUT2D eigenvalue weighted by Gasteiger charge is 2.38. The first kappa shape index (κ1) is 16.0. The largest absolute Gasteiger partial charge is 0.397 e. The van der Waals surface area contributed by atoms with E-state index in [0.29, 0.717) is 0 Å². The summed E-state index contributed by atoms with van der Waals surface area (Å²) in [6.45, 7) is 4.17. The molecule has 2 aliphatic rings. The molecule has 0 saturated heterocycles. The van der Waals surface area contributed by atoms with E-state index in [4.69, 9.17) is 15.7 Å². The molecule has 1 saturated carbocycles. The molecule has 0 radical (unpaired) electrons. The average molecular weight is 362 g/mol. The van der Waals surface area contributed by atoms with Crippen molar-refractivity contribution in [1.29, 1.82) is 0 Å². The second kappa shape index (κ2) is 5.65. The summed E-state index contributed by atoms with van der Waals surface area (Å²) >= 11 is 1.70. The van der Waals surface area contributed by atoms with Gasteiger partial charge in [-0.05, 0) is 50.3 Å². The van der Waals surface area contributed by atoms with Gasteiger partial charge in [0.1, 0.15) is 4.83 Å². The van der Waals surface area contributed by atoms with Gasteiger partial charge >= 0.3 is 0 Å². The van der Waals surface area contributed by atoms with Crippen LogP contribution >= 0.6 is 11.3 Å². The Morgan fingerprint density at radius 1 is 1.12 bits per heavy atom. The third-order valence-corrected chi connectivity index (χ3v) is 7.02. The van der Waals surface area contributed by atoms with E-state index in [1.165, 1.54) is 42.4 Å². The number of benzene rings is 1. The highest BCUT2D eigenvalue weighted by atomic mass is 32.1. The Balaban J connectivity index is 1.78. The smallest absolute Gasteiger partial charge is 0.126 e. The van der Waals surface area contributed by atoms with Gasteiger partial charge in [0.05, 0.1) is 21.8 Å². The second-order valence-corrected chi connectivity index (χ2v) is 8.83. The predicted octanol–water partition coefficient (Wildman–Crippen LogP) is 5.20. The Hall–Kier alpha value is -2.20. The van der Waals surface area contributed by atoms with E-state index >= 15 is 0 Å². The number of nitrogen functional groups attached to an aromatic ring is 1. The number of nitrogens with two attached hydrogens (primary N) is 1. The maximum Gasteiger partial charge on any atom is 0.126 e. The van der Waals surface area contributed by atoms with Crippen molar-refractivity contribution in [2.45, 2.75) is 51.5 Å². The number of rotatable bonds is 1. The number of thiophene rings is 1. The molecular weight excluding hydrogens is 338 g/mol. The van der Waals surface area contributed by atoms with Crippen molar-refractivity contribution in [2.75, 3.05) is 5.73 Å². The van der Waals surface area contributed by atoms with Gasteiger partial charge in [-0.3, -0.25) is 4.99 Å². The molecule has 3 aromatic rings. The van der Waals surface area contributed by atoms with Crippen LogP contribution in [-0.2, 0) is 6.42 Å². The molecule has 0 unspecified atom stereocenters. The molecule has 1 aromatic carbocycles. The number of hydrogen-bond acceptors (Lipinski definition) is 4. The normalized spacial score (nSPS) is 18.3. The fourth-order valence-electron chi connectivity index (χ4n) is 4.74. The fraction of sp³-hybridized carbons (Fsp3) is 0.364. The maximum atomic E-state index is 6.65. The molecule has 1 fully saturated rings. The van der Waals surface area contributed by atoms with Crippen LogP contribution in [0, 0.1) is 13.8 Å². The molecule has 3 heterocycles. The fourth-order valence-corrected chi connectivity index (χ4v) is 5.96. The molecular formula is C22H23N3S. The lowest BCUT2D eigenvalue weighted by Crippen LogP contribution is -2.32. The van der Waals surface area contributed by atoms with Gasteiger partial charge < -0.3 is 5.73 Å². The van der Waals surface area contributed by atoms with Crippen LogP contribution in [-0.4, -0.2) is 16.2 Å². The van der Waals surface area contributed by atoms with Gasteiger partial charge in [0, 0.05) is 16.6 Å². The highest BCUT2D eigenvalue weighted by Crippen LogP contribution is 2.44. The van der Waals surface area contributed by atoms with Gasteiger partial charge in [-0.2, -0.15) is 0 Å². The average Bonchev–Trinajstić information content (AvgIpc) is 3.19. The number of nitrogens with zero attached hydrogens (tertiary/aromatic N) is 2. The predicted molar refractivity (Wildman–Crippen MR) is 110 cm³/mol. The number of pyridine rings is 1. The third-order valence-electron chi connectivity index (χ3n) is 5.91. The lowest BCUT2D eigenvalue weighted by molar-refractivity contribution is 0.435. The van der Waals surface area contributed by atoms with Gasteiger partial charge in [0.25, 0.3) is 0 Å². The molecule has 1 aliphatic carbocycles. The van der Waals surface area contributed by atoms with Crippen molar-refractivity contribution in [1.82, 2.24) is 4.98 Å². The number of anilines is 1. The van der Waals surface area contributed by atoms with Crippen molar-refractivity contribution in [2.24, 2.45) is 4.99 Å². The van der Waals surface area contributed by atoms with Gasteiger partial charge in [-0.15, -0.1) is 11.3 Å². The zero-order chi connectivity index (χ0) is 17.9. The van der Waals surface area contributed by atoms with Crippen LogP contribution in [0.1, 0.15) is 52.9 Å². The summed E-state index contributed by atoms with van der Waals surface area (Å²) < 4.78 is 0. The number of aryl methyl sites for hydroxylation is 2. The Labute approximate surface area is 158 Å². The first-order valence-electron chi connectivity index (χ1n) is 9.41. The van der Waals surface area contributed by atoms with E-state index in [-0.39, 0.29) is 5.54 Å². The second-order valence-electron chi connectivity index (χ2n) is 7.83. The number of aliphatic imine (C=N–C) groups is 1. The highest BCUT2D eigenvalue weighted by molar-refractivity contribution is 7.21. The first-order chi connectivity index (χ1) is 12.6. The Bertz CT molecular complexity index is 1050. The molecule has 26 heavy (non-hydrogen) atoms. The number of hydrogen-bond donors (Lipinski definition) is 1. The molecule has 2 aromatic heterocycles. The van der Waals surface area contributed by atoms with Crippen LogP contribution in [0.3, 0.4) is 0 Å². The van der Waals surface area contributed by atoms with E-state index in [0.717, 1.165) is 38.6 Å². The van der Waals surface area contributed by atoms with Gasteiger partial charge in [0.2, 0.25) is 0 Å². The zero-order valence-electron chi connectivity index (χ0n) is 15.3. The standard InChI is InChI=1S/C22H23N3S/c1-13-11-14(2)24-21-17(13)18(23)20(26-21)19-16-8-4-3-7-15(16)12-22(25-19)9-5-6-10-22/h3-4,7-8,11H,5-6,9-10,12,23H2,1-2H3. The van der Waals surface area contributed by atoms with Crippen molar-refractivity contribution in [3.63, 3.8) is 0 Å². The first-order valence-corrected chi connectivity index (χ1v) is 10.2. The van der Waals surface area contributed by atoms with Crippen molar-refractivity contribution >= 4 is 33.0 Å². The van der Waals surface area contributed by atoms with E-state index < -0.39 is 0 Å². The van der Waals surface area contributed by atoms with Crippen LogP contribution in [0.25, 0.3) is 10.2 Å². The molecule has 4 heteroatoms. The van der Waals surface area contributed by atoms with E-state index in [1.54, 1.807) is 11.3 Å². The van der Waals surface area contributed by atoms with Gasteiger partial charge in [-0.1, -0.05) is 37.1 Å². The summed E-state index contributed by atoms with van der Waals surface area (Å²) in [5.41, 5.74) is 13.6. The summed E-state index contributed by atoms with van der Waals surface area (Å²) in [4.78, 5) is 12.2.